The molecule has 214 valence electrons. The van der Waals surface area contributed by atoms with Crippen molar-refractivity contribution in [2.45, 2.75) is 0 Å². The summed E-state index contributed by atoms with van der Waals surface area (Å²) in [5, 5.41) is 3.80. The summed E-state index contributed by atoms with van der Waals surface area (Å²) in [6, 6.07) is 54.7. The largest absolute Gasteiger partial charge is 0.316 e. The Hall–Kier alpha value is -6.19. The van der Waals surface area contributed by atoms with Gasteiger partial charge in [-0.15, -0.1) is 0 Å². The molecule has 3 nitrogen and oxygen atoms in total. The molecular weight excluding hydrogens is 558 g/mol. The van der Waals surface area contributed by atoms with Crippen LogP contribution >= 0.6 is 0 Å². The van der Waals surface area contributed by atoms with Crippen LogP contribution in [0.1, 0.15) is 0 Å². The van der Waals surface area contributed by atoms with Gasteiger partial charge in [-0.3, -0.25) is 4.98 Å². The first-order valence-electron chi connectivity index (χ1n) is 15.7. The van der Waals surface area contributed by atoms with Crippen LogP contribution in [0.2, 0.25) is 0 Å². The molecule has 0 fully saturated rings. The quantitative estimate of drug-likeness (QED) is 0.202. The molecular formula is C43H27N3. The van der Waals surface area contributed by atoms with Crippen molar-refractivity contribution < 1.29 is 0 Å². The Morgan fingerprint density at radius 2 is 0.935 bits per heavy atom. The van der Waals surface area contributed by atoms with Crippen LogP contribution in [0.4, 0.5) is 0 Å². The van der Waals surface area contributed by atoms with Crippen LogP contribution in [-0.4, -0.2) is 14.1 Å². The van der Waals surface area contributed by atoms with Crippen LogP contribution in [0.3, 0.4) is 0 Å². The van der Waals surface area contributed by atoms with E-state index in [9.17, 15) is 0 Å². The molecule has 46 heavy (non-hydrogen) atoms. The van der Waals surface area contributed by atoms with E-state index in [2.05, 4.69) is 161 Å². The second-order valence-electron chi connectivity index (χ2n) is 12.0. The third-order valence-corrected chi connectivity index (χ3v) is 9.58. The highest BCUT2D eigenvalue weighted by Gasteiger charge is 2.24. The van der Waals surface area contributed by atoms with Crippen molar-refractivity contribution in [1.29, 1.82) is 0 Å². The molecule has 0 saturated carbocycles. The van der Waals surface area contributed by atoms with Gasteiger partial charge in [0, 0.05) is 51.1 Å². The summed E-state index contributed by atoms with van der Waals surface area (Å²) in [5.41, 5.74) is 15.4. The number of aromatic nitrogens is 3. The molecule has 0 N–H and O–H groups in total. The Morgan fingerprint density at radius 3 is 1.63 bits per heavy atom. The van der Waals surface area contributed by atoms with Gasteiger partial charge >= 0.3 is 0 Å². The standard InChI is InChI=1S/C43H27N3/c1-2-10-33-32(9-1)36-13-7-17-41-42(36)38(43-37(33)14-8-26-44-43)27-45(41)30-22-18-28(19-23-30)29-20-24-31(25-21-29)46-39-15-5-3-11-34(39)35-12-4-6-16-40(35)46/h1-27H. The average Bonchev–Trinajstić information content (AvgIpc) is 3.65. The topological polar surface area (TPSA) is 22.8 Å². The van der Waals surface area contributed by atoms with Crippen LogP contribution in [0, 0.1) is 0 Å². The highest BCUT2D eigenvalue weighted by molar-refractivity contribution is 6.13. The second kappa shape index (κ2) is 9.65. The fourth-order valence-corrected chi connectivity index (χ4v) is 7.51. The van der Waals surface area contributed by atoms with E-state index in [4.69, 9.17) is 4.98 Å². The van der Waals surface area contributed by atoms with E-state index in [-0.39, 0.29) is 0 Å². The first-order valence-corrected chi connectivity index (χ1v) is 15.7. The lowest BCUT2D eigenvalue weighted by molar-refractivity contribution is 1.13. The maximum Gasteiger partial charge on any atom is 0.0802 e. The van der Waals surface area contributed by atoms with Gasteiger partial charge in [0.15, 0.2) is 0 Å². The number of hydrogen-bond acceptors (Lipinski definition) is 1. The van der Waals surface area contributed by atoms with E-state index in [1.807, 2.05) is 12.3 Å². The zero-order chi connectivity index (χ0) is 30.2. The molecule has 3 heteroatoms. The summed E-state index contributed by atoms with van der Waals surface area (Å²) < 4.78 is 4.68. The molecule has 0 spiro atoms. The second-order valence-corrected chi connectivity index (χ2v) is 12.0. The zero-order valence-electron chi connectivity index (χ0n) is 24.9. The lowest BCUT2D eigenvalue weighted by atomic mass is 9.95. The molecule has 0 atom stereocenters. The fraction of sp³-hybridized carbons (Fsp3) is 0. The Morgan fingerprint density at radius 1 is 0.391 bits per heavy atom. The van der Waals surface area contributed by atoms with Crippen LogP contribution in [-0.2, 0) is 0 Å². The molecule has 3 aromatic heterocycles. The molecule has 10 rings (SSSR count). The lowest BCUT2D eigenvalue weighted by Gasteiger charge is -2.12. The lowest BCUT2D eigenvalue weighted by Crippen LogP contribution is -1.94. The third kappa shape index (κ3) is 3.57. The maximum absolute atomic E-state index is 4.91. The van der Waals surface area contributed by atoms with Gasteiger partial charge < -0.3 is 9.13 Å². The predicted molar refractivity (Wildman–Crippen MR) is 191 cm³/mol. The fourth-order valence-electron chi connectivity index (χ4n) is 7.51. The molecule has 0 saturated heterocycles. The maximum atomic E-state index is 4.91. The minimum atomic E-state index is 1.03. The highest BCUT2D eigenvalue weighted by Crippen LogP contribution is 2.47. The molecule has 1 aliphatic rings. The minimum Gasteiger partial charge on any atom is -0.316 e. The van der Waals surface area contributed by atoms with Crippen molar-refractivity contribution in [2.24, 2.45) is 0 Å². The van der Waals surface area contributed by atoms with E-state index < -0.39 is 0 Å². The zero-order valence-corrected chi connectivity index (χ0v) is 24.9. The average molecular weight is 586 g/mol. The van der Waals surface area contributed by atoms with Crippen molar-refractivity contribution >= 4 is 32.7 Å². The Labute approximate surface area is 266 Å². The van der Waals surface area contributed by atoms with Crippen LogP contribution in [0.5, 0.6) is 0 Å². The monoisotopic (exact) mass is 585 g/mol. The van der Waals surface area contributed by atoms with E-state index in [0.29, 0.717) is 0 Å². The van der Waals surface area contributed by atoms with Gasteiger partial charge in [-0.2, -0.15) is 0 Å². The molecule has 0 aliphatic heterocycles. The molecule has 0 unspecified atom stereocenters. The smallest absolute Gasteiger partial charge is 0.0802 e. The number of benzene rings is 6. The third-order valence-electron chi connectivity index (χ3n) is 9.58. The van der Waals surface area contributed by atoms with Gasteiger partial charge in [-0.05, 0) is 76.3 Å². The molecule has 9 aromatic rings. The van der Waals surface area contributed by atoms with E-state index in [0.717, 1.165) is 17.1 Å². The Balaban J connectivity index is 1.06. The Bertz CT molecular complexity index is 2560. The van der Waals surface area contributed by atoms with E-state index in [1.165, 1.54) is 71.7 Å². The number of pyridine rings is 1. The van der Waals surface area contributed by atoms with Gasteiger partial charge in [0.1, 0.15) is 0 Å². The van der Waals surface area contributed by atoms with Crippen LogP contribution < -0.4 is 0 Å². The number of hydrogen-bond donors (Lipinski definition) is 0. The van der Waals surface area contributed by atoms with Crippen molar-refractivity contribution in [1.82, 2.24) is 14.1 Å². The summed E-state index contributed by atoms with van der Waals surface area (Å²) in [6.45, 7) is 0. The van der Waals surface area contributed by atoms with Gasteiger partial charge in [0.05, 0.1) is 22.2 Å². The summed E-state index contributed by atoms with van der Waals surface area (Å²) >= 11 is 0. The normalized spacial score (nSPS) is 11.9. The van der Waals surface area contributed by atoms with Crippen molar-refractivity contribution in [3.05, 3.63) is 164 Å². The summed E-state index contributed by atoms with van der Waals surface area (Å²) in [4.78, 5) is 4.91. The summed E-state index contributed by atoms with van der Waals surface area (Å²) in [7, 11) is 0. The number of rotatable bonds is 3. The summed E-state index contributed by atoms with van der Waals surface area (Å²) in [5.74, 6) is 0. The van der Waals surface area contributed by atoms with Gasteiger partial charge in [-0.1, -0.05) is 103 Å². The van der Waals surface area contributed by atoms with Crippen LogP contribution in [0.15, 0.2) is 164 Å². The molecule has 6 aromatic carbocycles. The van der Waals surface area contributed by atoms with Crippen molar-refractivity contribution in [3.8, 4) is 56.0 Å². The molecule has 0 bridgehead atoms. The van der Waals surface area contributed by atoms with Gasteiger partial charge in [0.2, 0.25) is 0 Å². The summed E-state index contributed by atoms with van der Waals surface area (Å²) in [6.07, 6.45) is 4.17. The van der Waals surface area contributed by atoms with Crippen molar-refractivity contribution in [3.63, 3.8) is 0 Å². The van der Waals surface area contributed by atoms with Crippen molar-refractivity contribution in [2.75, 3.05) is 0 Å². The first-order chi connectivity index (χ1) is 22.8. The van der Waals surface area contributed by atoms with Gasteiger partial charge in [0.25, 0.3) is 0 Å². The van der Waals surface area contributed by atoms with E-state index >= 15 is 0 Å². The molecule has 3 heterocycles. The molecule has 0 amide bonds. The van der Waals surface area contributed by atoms with Gasteiger partial charge in [-0.25, -0.2) is 0 Å². The van der Waals surface area contributed by atoms with Crippen LogP contribution in [0.25, 0.3) is 88.7 Å². The molecule has 1 aliphatic carbocycles. The number of fused-ring (bicyclic) bond motifs is 8. The number of para-hydroxylation sites is 2. The first kappa shape index (κ1) is 25.2. The van der Waals surface area contributed by atoms with E-state index in [1.54, 1.807) is 0 Å². The highest BCUT2D eigenvalue weighted by atomic mass is 15.0. The number of nitrogens with zero attached hydrogens (tertiary/aromatic N) is 3. The Kier molecular flexibility index (Phi) is 5.28. The SMILES string of the molecule is c1ccc2c(c1)-c1cccnc1-c1cn(-c3ccc(-c4ccc(-n5c6ccccc6c6ccccc65)cc4)cc3)c3cccc-2c13. The predicted octanol–water partition coefficient (Wildman–Crippen LogP) is 11.1. The minimum absolute atomic E-state index is 1.03. The molecule has 0 radical (unpaired) electrons.